The first-order valence-electron chi connectivity index (χ1n) is 6.09. The Bertz CT molecular complexity index is 445. The summed E-state index contributed by atoms with van der Waals surface area (Å²) < 4.78 is 0. The van der Waals surface area contributed by atoms with E-state index in [4.69, 9.17) is 0 Å². The van der Waals surface area contributed by atoms with Crippen LogP contribution in [-0.4, -0.2) is 0 Å². The molecule has 0 radical (unpaired) electrons. The highest BCUT2D eigenvalue weighted by molar-refractivity contribution is 5.24. The molecule has 0 saturated carbocycles. The first-order valence-corrected chi connectivity index (χ1v) is 6.09. The Labute approximate surface area is 103 Å². The topological polar surface area (TPSA) is 12.0 Å². The Morgan fingerprint density at radius 1 is 0.941 bits per heavy atom. The molecule has 0 aliphatic heterocycles. The Hall–Kier alpha value is -1.60. The minimum atomic E-state index is 0.385. The van der Waals surface area contributed by atoms with Gasteiger partial charge in [0.15, 0.2) is 0 Å². The van der Waals surface area contributed by atoms with Gasteiger partial charge in [0.05, 0.1) is 0 Å². The molecule has 2 rings (SSSR count). The third-order valence-corrected chi connectivity index (χ3v) is 3.03. The lowest BCUT2D eigenvalue weighted by atomic mass is 10.1. The van der Waals surface area contributed by atoms with Crippen molar-refractivity contribution in [2.45, 2.75) is 26.4 Å². The highest BCUT2D eigenvalue weighted by Gasteiger charge is 2.03. The second-order valence-corrected chi connectivity index (χ2v) is 4.50. The van der Waals surface area contributed by atoms with Gasteiger partial charge in [-0.1, -0.05) is 60.2 Å². The molecule has 0 fully saturated rings. The normalized spacial score (nSPS) is 12.4. The zero-order chi connectivity index (χ0) is 12.1. The van der Waals surface area contributed by atoms with E-state index in [1.165, 1.54) is 16.7 Å². The van der Waals surface area contributed by atoms with Crippen molar-refractivity contribution < 1.29 is 0 Å². The summed E-state index contributed by atoms with van der Waals surface area (Å²) in [5, 5.41) is 3.53. The molecule has 2 aromatic rings. The number of rotatable bonds is 4. The molecule has 1 N–H and O–H groups in total. The van der Waals surface area contributed by atoms with E-state index < -0.39 is 0 Å². The van der Waals surface area contributed by atoms with Crippen LogP contribution in [-0.2, 0) is 6.54 Å². The van der Waals surface area contributed by atoms with Gasteiger partial charge in [0.25, 0.3) is 0 Å². The van der Waals surface area contributed by atoms with Gasteiger partial charge in [0, 0.05) is 12.6 Å². The zero-order valence-electron chi connectivity index (χ0n) is 10.5. The van der Waals surface area contributed by atoms with Crippen molar-refractivity contribution in [3.8, 4) is 0 Å². The average Bonchev–Trinajstić information content (AvgIpc) is 2.38. The summed E-state index contributed by atoms with van der Waals surface area (Å²) in [7, 11) is 0. The molecule has 0 aliphatic rings. The maximum absolute atomic E-state index is 3.53. The quantitative estimate of drug-likeness (QED) is 0.833. The molecule has 1 heteroatoms. The number of benzene rings is 2. The lowest BCUT2D eigenvalue weighted by Gasteiger charge is -2.14. The number of hydrogen-bond donors (Lipinski definition) is 1. The second kappa shape index (κ2) is 5.65. The molecule has 0 aromatic heterocycles. The van der Waals surface area contributed by atoms with Crippen LogP contribution >= 0.6 is 0 Å². The third-order valence-electron chi connectivity index (χ3n) is 3.03. The van der Waals surface area contributed by atoms with Crippen LogP contribution in [0.2, 0.25) is 0 Å². The van der Waals surface area contributed by atoms with Crippen molar-refractivity contribution in [2.75, 3.05) is 0 Å². The van der Waals surface area contributed by atoms with Crippen LogP contribution in [0, 0.1) is 6.92 Å². The highest BCUT2D eigenvalue weighted by Crippen LogP contribution is 2.13. The standard InChI is InChI=1S/C16H19N/c1-13-8-10-16(11-9-13)14(2)17-12-15-6-4-3-5-7-15/h3-11,14,17H,12H2,1-2H3/t14-/m1/s1. The summed E-state index contributed by atoms with van der Waals surface area (Å²) in [5.41, 5.74) is 3.97. The summed E-state index contributed by atoms with van der Waals surface area (Å²) in [6.07, 6.45) is 0. The fourth-order valence-corrected chi connectivity index (χ4v) is 1.84. The monoisotopic (exact) mass is 225 g/mol. The van der Waals surface area contributed by atoms with Crippen LogP contribution in [0.4, 0.5) is 0 Å². The second-order valence-electron chi connectivity index (χ2n) is 4.50. The van der Waals surface area contributed by atoms with Crippen LogP contribution in [0.3, 0.4) is 0 Å². The summed E-state index contributed by atoms with van der Waals surface area (Å²) in [6.45, 7) is 5.23. The van der Waals surface area contributed by atoms with Crippen molar-refractivity contribution >= 4 is 0 Å². The SMILES string of the molecule is Cc1ccc([C@@H](C)NCc2ccccc2)cc1. The Kier molecular flexibility index (Phi) is 3.94. The van der Waals surface area contributed by atoms with Gasteiger partial charge in [-0.25, -0.2) is 0 Å². The highest BCUT2D eigenvalue weighted by atomic mass is 14.9. The van der Waals surface area contributed by atoms with Crippen LogP contribution in [0.1, 0.15) is 29.7 Å². The van der Waals surface area contributed by atoms with Crippen molar-refractivity contribution in [1.82, 2.24) is 5.32 Å². The Morgan fingerprint density at radius 2 is 1.59 bits per heavy atom. The Morgan fingerprint density at radius 3 is 2.24 bits per heavy atom. The molecule has 88 valence electrons. The summed E-state index contributed by atoms with van der Waals surface area (Å²) in [5.74, 6) is 0. The maximum Gasteiger partial charge on any atom is 0.0294 e. The fourth-order valence-electron chi connectivity index (χ4n) is 1.84. The summed E-state index contributed by atoms with van der Waals surface area (Å²) in [6, 6.07) is 19.6. The van der Waals surface area contributed by atoms with E-state index in [0.29, 0.717) is 6.04 Å². The van der Waals surface area contributed by atoms with Gasteiger partial charge in [-0.2, -0.15) is 0 Å². The van der Waals surface area contributed by atoms with E-state index in [1.54, 1.807) is 0 Å². The van der Waals surface area contributed by atoms with E-state index in [2.05, 4.69) is 67.7 Å². The third kappa shape index (κ3) is 3.43. The van der Waals surface area contributed by atoms with Crippen molar-refractivity contribution in [2.24, 2.45) is 0 Å². The predicted octanol–water partition coefficient (Wildman–Crippen LogP) is 3.85. The molecule has 1 nitrogen and oxygen atoms in total. The van der Waals surface area contributed by atoms with Gasteiger partial charge < -0.3 is 5.32 Å². The Balaban J connectivity index is 1.93. The molecular formula is C16H19N. The van der Waals surface area contributed by atoms with Gasteiger partial charge in [0.2, 0.25) is 0 Å². The largest absolute Gasteiger partial charge is 0.306 e. The predicted molar refractivity (Wildman–Crippen MR) is 72.9 cm³/mol. The van der Waals surface area contributed by atoms with Crippen LogP contribution < -0.4 is 5.32 Å². The first kappa shape index (κ1) is 11.9. The molecule has 0 amide bonds. The summed E-state index contributed by atoms with van der Waals surface area (Å²) >= 11 is 0. The van der Waals surface area contributed by atoms with E-state index in [1.807, 2.05) is 6.07 Å². The average molecular weight is 225 g/mol. The van der Waals surface area contributed by atoms with Crippen LogP contribution in [0.15, 0.2) is 54.6 Å². The van der Waals surface area contributed by atoms with E-state index in [-0.39, 0.29) is 0 Å². The van der Waals surface area contributed by atoms with Gasteiger partial charge in [0.1, 0.15) is 0 Å². The molecule has 0 unspecified atom stereocenters. The molecule has 0 aliphatic carbocycles. The van der Waals surface area contributed by atoms with Crippen molar-refractivity contribution in [1.29, 1.82) is 0 Å². The van der Waals surface area contributed by atoms with Gasteiger partial charge in [-0.15, -0.1) is 0 Å². The minimum absolute atomic E-state index is 0.385. The minimum Gasteiger partial charge on any atom is -0.306 e. The maximum atomic E-state index is 3.53. The van der Waals surface area contributed by atoms with Crippen LogP contribution in [0.5, 0.6) is 0 Å². The van der Waals surface area contributed by atoms with Crippen LogP contribution in [0.25, 0.3) is 0 Å². The van der Waals surface area contributed by atoms with Gasteiger partial charge in [-0.3, -0.25) is 0 Å². The molecule has 0 saturated heterocycles. The molecule has 17 heavy (non-hydrogen) atoms. The summed E-state index contributed by atoms with van der Waals surface area (Å²) in [4.78, 5) is 0. The van der Waals surface area contributed by atoms with E-state index >= 15 is 0 Å². The fraction of sp³-hybridized carbons (Fsp3) is 0.250. The zero-order valence-corrected chi connectivity index (χ0v) is 10.5. The molecule has 2 aromatic carbocycles. The number of nitrogens with one attached hydrogen (secondary N) is 1. The van der Waals surface area contributed by atoms with E-state index in [0.717, 1.165) is 6.54 Å². The van der Waals surface area contributed by atoms with E-state index in [9.17, 15) is 0 Å². The van der Waals surface area contributed by atoms with Crippen molar-refractivity contribution in [3.05, 3.63) is 71.3 Å². The number of hydrogen-bond acceptors (Lipinski definition) is 1. The molecular weight excluding hydrogens is 206 g/mol. The number of aryl methyl sites for hydroxylation is 1. The van der Waals surface area contributed by atoms with Crippen molar-refractivity contribution in [3.63, 3.8) is 0 Å². The molecule has 0 bridgehead atoms. The lowest BCUT2D eigenvalue weighted by Crippen LogP contribution is -2.17. The molecule has 1 atom stereocenters. The molecule has 0 heterocycles. The lowest BCUT2D eigenvalue weighted by molar-refractivity contribution is 0.574. The van der Waals surface area contributed by atoms with Gasteiger partial charge in [-0.05, 0) is 25.0 Å². The van der Waals surface area contributed by atoms with Gasteiger partial charge >= 0.3 is 0 Å². The molecule has 0 spiro atoms. The smallest absolute Gasteiger partial charge is 0.0294 e. The first-order chi connectivity index (χ1) is 8.25.